The van der Waals surface area contributed by atoms with Crippen LogP contribution >= 0.6 is 27.5 Å². The van der Waals surface area contributed by atoms with Gasteiger partial charge in [0.1, 0.15) is 12.4 Å². The van der Waals surface area contributed by atoms with Gasteiger partial charge in [0.05, 0.1) is 6.21 Å². The first-order chi connectivity index (χ1) is 17.2. The molecular weight excluding hydrogens is 530 g/mol. The lowest BCUT2D eigenvalue weighted by molar-refractivity contribution is 0.306. The number of nitrogens with zero attached hydrogens (tertiary/aromatic N) is 6. The number of hydrazone groups is 1. The topological polar surface area (TPSA) is 78.8 Å². The minimum atomic E-state index is 0.363. The summed E-state index contributed by atoms with van der Waals surface area (Å²) in [6.07, 6.45) is 6.34. The average Bonchev–Trinajstić information content (AvgIpc) is 3.59. The second-order valence-corrected chi connectivity index (χ2v) is 9.90. The van der Waals surface area contributed by atoms with Gasteiger partial charge in [-0.3, -0.25) is 0 Å². The first-order valence-corrected chi connectivity index (χ1v) is 13.0. The van der Waals surface area contributed by atoms with E-state index in [1.54, 1.807) is 6.21 Å². The number of benzene rings is 2. The molecule has 0 aliphatic carbocycles. The monoisotopic (exact) mass is 555 g/mol. The number of anilines is 3. The Hall–Kier alpha value is -2.91. The van der Waals surface area contributed by atoms with Gasteiger partial charge in [-0.15, -0.1) is 0 Å². The third kappa shape index (κ3) is 6.02. The van der Waals surface area contributed by atoms with Crippen LogP contribution in [0.3, 0.4) is 0 Å². The van der Waals surface area contributed by atoms with Crippen molar-refractivity contribution in [2.75, 3.05) is 41.4 Å². The molecule has 1 aromatic heterocycles. The second kappa shape index (κ2) is 11.2. The van der Waals surface area contributed by atoms with Crippen molar-refractivity contribution in [2.24, 2.45) is 5.10 Å². The summed E-state index contributed by atoms with van der Waals surface area (Å²) in [4.78, 5) is 18.5. The largest absolute Gasteiger partial charge is 0.488 e. The van der Waals surface area contributed by atoms with Crippen molar-refractivity contribution in [3.05, 3.63) is 63.1 Å². The zero-order valence-electron chi connectivity index (χ0n) is 19.3. The molecule has 182 valence electrons. The fourth-order valence-corrected chi connectivity index (χ4v) is 4.77. The second-order valence-electron chi connectivity index (χ2n) is 8.58. The number of nitrogens with one attached hydrogen (secondary N) is 1. The number of halogens is 2. The maximum atomic E-state index is 6.28. The van der Waals surface area contributed by atoms with Crippen molar-refractivity contribution in [1.29, 1.82) is 0 Å². The number of hydrogen-bond donors (Lipinski definition) is 1. The molecule has 0 unspecified atom stereocenters. The smallest absolute Gasteiger partial charge is 0.250 e. The molecule has 2 aromatic carbocycles. The quantitative estimate of drug-likeness (QED) is 0.289. The summed E-state index contributed by atoms with van der Waals surface area (Å²) in [7, 11) is 0. The maximum absolute atomic E-state index is 6.28. The molecule has 1 N–H and O–H groups in total. The van der Waals surface area contributed by atoms with Crippen LogP contribution in [-0.2, 0) is 6.61 Å². The van der Waals surface area contributed by atoms with E-state index in [0.717, 1.165) is 67.5 Å². The van der Waals surface area contributed by atoms with Crippen molar-refractivity contribution in [3.63, 3.8) is 0 Å². The van der Waals surface area contributed by atoms with Crippen LogP contribution in [0.4, 0.5) is 17.8 Å². The van der Waals surface area contributed by atoms with Gasteiger partial charge < -0.3 is 14.5 Å². The van der Waals surface area contributed by atoms with Gasteiger partial charge in [-0.05, 0) is 49.9 Å². The maximum Gasteiger partial charge on any atom is 0.250 e. The van der Waals surface area contributed by atoms with Gasteiger partial charge in [0.2, 0.25) is 17.8 Å². The summed E-state index contributed by atoms with van der Waals surface area (Å²) in [6.45, 7) is 4.24. The van der Waals surface area contributed by atoms with Crippen molar-refractivity contribution >= 4 is 51.6 Å². The molecular formula is C25H27BrClN7O. The highest BCUT2D eigenvalue weighted by Gasteiger charge is 2.21. The lowest BCUT2D eigenvalue weighted by Gasteiger charge is -2.20. The van der Waals surface area contributed by atoms with E-state index in [-0.39, 0.29) is 0 Å². The average molecular weight is 557 g/mol. The zero-order valence-corrected chi connectivity index (χ0v) is 21.7. The number of ether oxygens (including phenoxy) is 1. The molecule has 0 amide bonds. The Bertz CT molecular complexity index is 1160. The van der Waals surface area contributed by atoms with Crippen LogP contribution in [0.2, 0.25) is 5.02 Å². The van der Waals surface area contributed by atoms with Crippen molar-refractivity contribution in [1.82, 2.24) is 15.0 Å². The minimum absolute atomic E-state index is 0.363. The van der Waals surface area contributed by atoms with Crippen LogP contribution in [0.25, 0.3) is 0 Å². The third-order valence-electron chi connectivity index (χ3n) is 6.07. The van der Waals surface area contributed by atoms with Gasteiger partial charge >= 0.3 is 0 Å². The number of hydrogen-bond acceptors (Lipinski definition) is 8. The first kappa shape index (κ1) is 23.8. The summed E-state index contributed by atoms with van der Waals surface area (Å²) < 4.78 is 6.98. The van der Waals surface area contributed by atoms with E-state index in [2.05, 4.69) is 46.2 Å². The van der Waals surface area contributed by atoms with Crippen LogP contribution in [0.5, 0.6) is 5.75 Å². The van der Waals surface area contributed by atoms with Gasteiger partial charge in [-0.25, -0.2) is 5.43 Å². The molecule has 35 heavy (non-hydrogen) atoms. The van der Waals surface area contributed by atoms with Crippen LogP contribution in [0.1, 0.15) is 36.8 Å². The zero-order chi connectivity index (χ0) is 24.0. The molecule has 0 bridgehead atoms. The minimum Gasteiger partial charge on any atom is -0.488 e. The molecule has 2 aliphatic heterocycles. The van der Waals surface area contributed by atoms with E-state index < -0.39 is 0 Å². The molecule has 5 rings (SSSR count). The summed E-state index contributed by atoms with van der Waals surface area (Å²) in [5.74, 6) is 2.56. The van der Waals surface area contributed by atoms with Crippen LogP contribution in [0.15, 0.2) is 52.0 Å². The predicted octanol–water partition coefficient (Wildman–Crippen LogP) is 5.51. The molecule has 3 heterocycles. The van der Waals surface area contributed by atoms with E-state index in [4.69, 9.17) is 21.3 Å². The molecule has 8 nitrogen and oxygen atoms in total. The molecule has 0 radical (unpaired) electrons. The molecule has 10 heteroatoms. The molecule has 2 aliphatic rings. The summed E-state index contributed by atoms with van der Waals surface area (Å²) in [5, 5.41) is 5.11. The normalized spacial score (nSPS) is 15.8. The SMILES string of the molecule is Clc1ccccc1COc1ccc(Br)cc1/C=N/Nc1nc(N2CCCC2)nc(N2CCCC2)n1. The van der Waals surface area contributed by atoms with Crippen LogP contribution < -0.4 is 20.0 Å². The van der Waals surface area contributed by atoms with Gasteiger partial charge in [0, 0.05) is 46.8 Å². The molecule has 0 saturated carbocycles. The van der Waals surface area contributed by atoms with Crippen molar-refractivity contribution in [2.45, 2.75) is 32.3 Å². The lowest BCUT2D eigenvalue weighted by atomic mass is 10.2. The van der Waals surface area contributed by atoms with Crippen molar-refractivity contribution in [3.8, 4) is 5.75 Å². The van der Waals surface area contributed by atoms with Crippen LogP contribution in [-0.4, -0.2) is 47.3 Å². The number of aromatic nitrogens is 3. The summed E-state index contributed by atoms with van der Waals surface area (Å²) >= 11 is 9.81. The fraction of sp³-hybridized carbons (Fsp3) is 0.360. The fourth-order valence-electron chi connectivity index (χ4n) is 4.20. The van der Waals surface area contributed by atoms with E-state index in [1.807, 2.05) is 42.5 Å². The Morgan fingerprint density at radius 3 is 2.26 bits per heavy atom. The Labute approximate surface area is 218 Å². The highest BCUT2D eigenvalue weighted by Crippen LogP contribution is 2.25. The third-order valence-corrected chi connectivity index (χ3v) is 6.93. The molecule has 2 fully saturated rings. The lowest BCUT2D eigenvalue weighted by Crippen LogP contribution is -2.25. The van der Waals surface area contributed by atoms with Gasteiger partial charge in [0.15, 0.2) is 0 Å². The van der Waals surface area contributed by atoms with Gasteiger partial charge in [-0.2, -0.15) is 20.1 Å². The summed E-state index contributed by atoms with van der Waals surface area (Å²) in [5.41, 5.74) is 4.75. The standard InChI is InChI=1S/C25H27BrClN7O/c26-20-9-10-22(35-17-18-7-1-2-8-21(18)27)19(15-20)16-28-32-23-29-24(33-11-3-4-12-33)31-25(30-23)34-13-5-6-14-34/h1-2,7-10,15-16H,3-6,11-14,17H2,(H,29,30,31,32)/b28-16+. The Morgan fingerprint density at radius 1 is 0.943 bits per heavy atom. The Balaban J connectivity index is 1.33. The molecule has 3 aromatic rings. The van der Waals surface area contributed by atoms with Gasteiger partial charge in [-0.1, -0.05) is 45.7 Å². The van der Waals surface area contributed by atoms with E-state index in [9.17, 15) is 0 Å². The molecule has 2 saturated heterocycles. The predicted molar refractivity (Wildman–Crippen MR) is 144 cm³/mol. The van der Waals surface area contributed by atoms with Crippen molar-refractivity contribution < 1.29 is 4.74 Å². The van der Waals surface area contributed by atoms with Gasteiger partial charge in [0.25, 0.3) is 0 Å². The van der Waals surface area contributed by atoms with E-state index in [1.165, 1.54) is 0 Å². The highest BCUT2D eigenvalue weighted by molar-refractivity contribution is 9.10. The highest BCUT2D eigenvalue weighted by atomic mass is 79.9. The molecule has 0 atom stereocenters. The summed E-state index contributed by atoms with van der Waals surface area (Å²) in [6, 6.07) is 13.4. The van der Waals surface area contributed by atoms with Crippen LogP contribution in [0, 0.1) is 0 Å². The first-order valence-electron chi connectivity index (χ1n) is 11.9. The van der Waals surface area contributed by atoms with E-state index >= 15 is 0 Å². The number of rotatable bonds is 8. The molecule has 0 spiro atoms. The Morgan fingerprint density at radius 2 is 1.60 bits per heavy atom. The van der Waals surface area contributed by atoms with E-state index in [0.29, 0.717) is 35.2 Å². The Kier molecular flexibility index (Phi) is 7.63.